The zero-order valence-electron chi connectivity index (χ0n) is 19.2. The zero-order chi connectivity index (χ0) is 24.0. The summed E-state index contributed by atoms with van der Waals surface area (Å²) in [5.41, 5.74) is -0.107. The summed E-state index contributed by atoms with van der Waals surface area (Å²) >= 11 is 0. The average molecular weight is 488 g/mol. The second-order valence-electron chi connectivity index (χ2n) is 9.58. The maximum absolute atomic E-state index is 14.0. The molecule has 186 valence electrons. The topological polar surface area (TPSA) is 91.0 Å². The highest BCUT2D eigenvalue weighted by Gasteiger charge is 2.38. The number of morpholine rings is 1. The van der Waals surface area contributed by atoms with Crippen LogP contribution in [0.4, 0.5) is 24.9 Å². The van der Waals surface area contributed by atoms with Crippen LogP contribution in [0.1, 0.15) is 24.8 Å². The maximum Gasteiger partial charge on any atom is 0.419 e. The lowest BCUT2D eigenvalue weighted by Gasteiger charge is -2.33. The fourth-order valence-electron chi connectivity index (χ4n) is 5.72. The Kier molecular flexibility index (Phi) is 5.76. The van der Waals surface area contributed by atoms with Crippen molar-refractivity contribution in [1.29, 1.82) is 0 Å². The van der Waals surface area contributed by atoms with E-state index in [2.05, 4.69) is 35.5 Å². The summed E-state index contributed by atoms with van der Waals surface area (Å²) in [5.74, 6) is 2.04. The number of halogens is 3. The number of H-pyrrole nitrogens is 1. The molecule has 3 aromatic rings. The van der Waals surface area contributed by atoms with E-state index in [-0.39, 0.29) is 17.7 Å². The summed E-state index contributed by atoms with van der Waals surface area (Å²) in [6, 6.07) is 3.80. The van der Waals surface area contributed by atoms with Crippen LogP contribution < -0.4 is 15.5 Å². The van der Waals surface area contributed by atoms with Crippen molar-refractivity contribution in [2.75, 3.05) is 49.6 Å². The van der Waals surface area contributed by atoms with Crippen LogP contribution in [0.25, 0.3) is 22.3 Å². The van der Waals surface area contributed by atoms with Gasteiger partial charge in [0, 0.05) is 49.0 Å². The van der Waals surface area contributed by atoms with Crippen molar-refractivity contribution in [3.8, 4) is 11.3 Å². The number of nitrogens with one attached hydrogen (secondary N) is 3. The van der Waals surface area contributed by atoms with Gasteiger partial charge in [0.15, 0.2) is 0 Å². The molecule has 35 heavy (non-hydrogen) atoms. The summed E-state index contributed by atoms with van der Waals surface area (Å²) in [5, 5.41) is 7.39. The molecule has 0 amide bonds. The van der Waals surface area contributed by atoms with E-state index in [0.29, 0.717) is 41.6 Å². The van der Waals surface area contributed by atoms with Gasteiger partial charge in [-0.15, -0.1) is 0 Å². The van der Waals surface area contributed by atoms with E-state index < -0.39 is 11.7 Å². The Labute approximate surface area is 200 Å². The molecular formula is C24H28F3N7O. The first-order valence-electron chi connectivity index (χ1n) is 12.2. The minimum Gasteiger partial charge on any atom is -0.378 e. The van der Waals surface area contributed by atoms with Gasteiger partial charge in [0.25, 0.3) is 0 Å². The molecule has 3 unspecified atom stereocenters. The maximum atomic E-state index is 14.0. The lowest BCUT2D eigenvalue weighted by Crippen LogP contribution is -2.38. The van der Waals surface area contributed by atoms with Crippen LogP contribution in [0, 0.1) is 11.8 Å². The first-order chi connectivity index (χ1) is 17.0. The predicted molar refractivity (Wildman–Crippen MR) is 126 cm³/mol. The molecule has 0 bridgehead atoms. The van der Waals surface area contributed by atoms with E-state index in [9.17, 15) is 13.2 Å². The normalized spacial score (nSPS) is 25.1. The highest BCUT2D eigenvalue weighted by molar-refractivity contribution is 5.94. The summed E-state index contributed by atoms with van der Waals surface area (Å²) in [7, 11) is 0. The molecule has 3 aromatic heterocycles. The third-order valence-corrected chi connectivity index (χ3v) is 7.52. The Morgan fingerprint density at radius 3 is 2.77 bits per heavy atom. The number of pyridine rings is 1. The van der Waals surface area contributed by atoms with Gasteiger partial charge in [-0.3, -0.25) is 0 Å². The first-order valence-corrected chi connectivity index (χ1v) is 12.2. The highest BCUT2D eigenvalue weighted by atomic mass is 19.4. The van der Waals surface area contributed by atoms with Gasteiger partial charge in [0.2, 0.25) is 5.95 Å². The fraction of sp³-hybridized carbons (Fsp3) is 0.542. The predicted octanol–water partition coefficient (Wildman–Crippen LogP) is 3.68. The molecule has 1 aliphatic carbocycles. The van der Waals surface area contributed by atoms with Crippen LogP contribution in [0.2, 0.25) is 0 Å². The molecule has 2 saturated heterocycles. The lowest BCUT2D eigenvalue weighted by atomic mass is 9.78. The van der Waals surface area contributed by atoms with Gasteiger partial charge in [-0.05, 0) is 43.4 Å². The van der Waals surface area contributed by atoms with Gasteiger partial charge < -0.3 is 25.3 Å². The number of ether oxygens (including phenoxy) is 1. The van der Waals surface area contributed by atoms with Gasteiger partial charge in [-0.2, -0.15) is 13.2 Å². The second kappa shape index (κ2) is 8.94. The summed E-state index contributed by atoms with van der Waals surface area (Å²) in [4.78, 5) is 18.3. The van der Waals surface area contributed by atoms with Gasteiger partial charge in [0.1, 0.15) is 17.0 Å². The first kappa shape index (κ1) is 22.5. The number of nitrogens with zero attached hydrogens (tertiary/aromatic N) is 4. The summed E-state index contributed by atoms with van der Waals surface area (Å²) < 4.78 is 47.3. The van der Waals surface area contributed by atoms with E-state index in [1.165, 1.54) is 6.42 Å². The number of hydrogen-bond acceptors (Lipinski definition) is 7. The van der Waals surface area contributed by atoms with Crippen molar-refractivity contribution in [2.24, 2.45) is 11.8 Å². The van der Waals surface area contributed by atoms with Crippen LogP contribution in [0.5, 0.6) is 0 Å². The molecule has 0 aromatic carbocycles. The zero-order valence-corrected chi connectivity index (χ0v) is 19.2. The number of aromatic nitrogens is 4. The van der Waals surface area contributed by atoms with E-state index in [1.54, 1.807) is 6.20 Å². The molecule has 3 N–H and O–H groups in total. The lowest BCUT2D eigenvalue weighted by molar-refractivity contribution is -0.137. The smallest absolute Gasteiger partial charge is 0.378 e. The molecule has 6 rings (SSSR count). The van der Waals surface area contributed by atoms with Crippen LogP contribution in [-0.2, 0) is 10.9 Å². The monoisotopic (exact) mass is 487 g/mol. The Balaban J connectivity index is 1.35. The molecule has 5 heterocycles. The molecule has 8 nitrogen and oxygen atoms in total. The highest BCUT2D eigenvalue weighted by Crippen LogP contribution is 2.39. The van der Waals surface area contributed by atoms with Gasteiger partial charge >= 0.3 is 6.18 Å². The average Bonchev–Trinajstić information content (AvgIpc) is 3.51. The fourth-order valence-corrected chi connectivity index (χ4v) is 5.72. The van der Waals surface area contributed by atoms with Crippen molar-refractivity contribution >= 4 is 22.8 Å². The van der Waals surface area contributed by atoms with E-state index in [4.69, 9.17) is 4.74 Å². The number of rotatable bonds is 4. The number of aromatic amines is 1. The number of anilines is 2. The number of alkyl halides is 3. The molecule has 3 aliphatic rings. The molecule has 11 heteroatoms. The van der Waals surface area contributed by atoms with E-state index in [1.807, 2.05) is 12.1 Å². The summed E-state index contributed by atoms with van der Waals surface area (Å²) in [6.45, 7) is 4.61. The van der Waals surface area contributed by atoms with Crippen molar-refractivity contribution in [1.82, 2.24) is 25.3 Å². The van der Waals surface area contributed by atoms with Gasteiger partial charge in [-0.25, -0.2) is 15.0 Å². The summed E-state index contributed by atoms with van der Waals surface area (Å²) in [6.07, 6.45) is 1.11. The minimum atomic E-state index is -4.58. The van der Waals surface area contributed by atoms with E-state index in [0.717, 1.165) is 51.0 Å². The Morgan fingerprint density at radius 1 is 1.09 bits per heavy atom. The Bertz CT molecular complexity index is 1210. The van der Waals surface area contributed by atoms with Crippen LogP contribution in [0.15, 0.2) is 24.5 Å². The molecular weight excluding hydrogens is 459 g/mol. The molecule has 0 radical (unpaired) electrons. The third-order valence-electron chi connectivity index (χ3n) is 7.52. The quantitative estimate of drug-likeness (QED) is 0.517. The van der Waals surface area contributed by atoms with Crippen LogP contribution >= 0.6 is 0 Å². The van der Waals surface area contributed by atoms with Crippen molar-refractivity contribution in [3.05, 3.63) is 30.1 Å². The minimum absolute atomic E-state index is 0.140. The van der Waals surface area contributed by atoms with Gasteiger partial charge in [-0.1, -0.05) is 6.42 Å². The van der Waals surface area contributed by atoms with Crippen molar-refractivity contribution in [3.63, 3.8) is 0 Å². The van der Waals surface area contributed by atoms with E-state index >= 15 is 0 Å². The number of fused-ring (bicyclic) bond motifs is 2. The largest absolute Gasteiger partial charge is 0.419 e. The molecule has 0 spiro atoms. The van der Waals surface area contributed by atoms with Gasteiger partial charge in [0.05, 0.1) is 18.9 Å². The molecule has 3 atom stereocenters. The molecule has 1 saturated carbocycles. The second-order valence-corrected chi connectivity index (χ2v) is 9.58. The Hall–Kier alpha value is -2.92. The Morgan fingerprint density at radius 2 is 1.94 bits per heavy atom. The van der Waals surface area contributed by atoms with Crippen molar-refractivity contribution in [2.45, 2.75) is 31.5 Å². The van der Waals surface area contributed by atoms with Crippen molar-refractivity contribution < 1.29 is 17.9 Å². The third kappa shape index (κ3) is 4.31. The van der Waals surface area contributed by atoms with Crippen LogP contribution in [-0.4, -0.2) is 65.4 Å². The number of hydrogen-bond donors (Lipinski definition) is 3. The van der Waals surface area contributed by atoms with Crippen LogP contribution in [0.3, 0.4) is 0 Å². The molecule has 2 aliphatic heterocycles. The SMILES string of the molecule is FC(F)(F)c1cnc(NC2CCCC3CNCC32)nc1-c1c[nH]c2nc(N3CCOCC3)ccc12. The standard InChI is InChI=1S/C24H28F3N7O/c25-24(26,27)18-13-30-23(31-19-3-1-2-14-10-28-11-16(14)19)33-21(18)17-12-29-22-15(17)4-5-20(32-22)34-6-8-35-9-7-34/h4-5,12-14,16,19,28H,1-3,6-11H2,(H,29,32)(H,30,31,33). The molecule has 3 fully saturated rings.